The first-order chi connectivity index (χ1) is 8.08. The molecule has 94 valence electrons. The van der Waals surface area contributed by atoms with E-state index in [-0.39, 0.29) is 18.0 Å². The van der Waals surface area contributed by atoms with Crippen LogP contribution in [0.15, 0.2) is 12.1 Å². The topological polar surface area (TPSA) is 64.3 Å². The van der Waals surface area contributed by atoms with Crippen LogP contribution in [0.1, 0.15) is 12.8 Å². The highest BCUT2D eigenvalue weighted by atomic mass is 19.1. The van der Waals surface area contributed by atoms with Crippen molar-refractivity contribution in [2.75, 3.05) is 19.0 Å². The number of nitrogens with one attached hydrogen (secondary N) is 1. The Hall–Kier alpha value is -1.69. The van der Waals surface area contributed by atoms with Crippen molar-refractivity contribution in [3.8, 4) is 5.75 Å². The van der Waals surface area contributed by atoms with Gasteiger partial charge in [-0.15, -0.1) is 0 Å². The van der Waals surface area contributed by atoms with Crippen LogP contribution in [0.5, 0.6) is 5.75 Å². The monoisotopic (exact) mass is 244 g/mol. The van der Waals surface area contributed by atoms with Crippen LogP contribution in [0, 0.1) is 11.6 Å². The van der Waals surface area contributed by atoms with Gasteiger partial charge in [0.2, 0.25) is 5.91 Å². The first-order valence-corrected chi connectivity index (χ1v) is 5.11. The van der Waals surface area contributed by atoms with Gasteiger partial charge < -0.3 is 15.8 Å². The van der Waals surface area contributed by atoms with Gasteiger partial charge in [0, 0.05) is 24.2 Å². The summed E-state index contributed by atoms with van der Waals surface area (Å²) >= 11 is 0. The molecule has 1 amide bonds. The number of benzene rings is 1. The number of anilines is 1. The molecule has 0 aromatic heterocycles. The molecule has 0 unspecified atom stereocenters. The van der Waals surface area contributed by atoms with Gasteiger partial charge in [-0.1, -0.05) is 0 Å². The number of hydrogen-bond acceptors (Lipinski definition) is 3. The van der Waals surface area contributed by atoms with Gasteiger partial charge in [0.05, 0.1) is 7.11 Å². The molecule has 0 aliphatic carbocycles. The molecule has 0 saturated carbocycles. The average Bonchev–Trinajstić information content (AvgIpc) is 2.26. The van der Waals surface area contributed by atoms with Crippen molar-refractivity contribution in [1.29, 1.82) is 0 Å². The Kier molecular flexibility index (Phi) is 4.84. The van der Waals surface area contributed by atoms with E-state index in [1.807, 2.05) is 0 Å². The number of hydrogen-bond donors (Lipinski definition) is 2. The molecule has 0 atom stereocenters. The first kappa shape index (κ1) is 13.4. The smallest absolute Gasteiger partial charge is 0.224 e. The van der Waals surface area contributed by atoms with Gasteiger partial charge in [-0.2, -0.15) is 0 Å². The number of halogens is 2. The number of nitrogens with two attached hydrogens (primary N) is 1. The fraction of sp³-hybridized carbons (Fsp3) is 0.364. The van der Waals surface area contributed by atoms with E-state index < -0.39 is 17.4 Å². The fourth-order valence-electron chi connectivity index (χ4n) is 1.31. The lowest BCUT2D eigenvalue weighted by Gasteiger charge is -2.08. The van der Waals surface area contributed by atoms with Crippen LogP contribution in [-0.4, -0.2) is 19.6 Å². The summed E-state index contributed by atoms with van der Waals surface area (Å²) in [7, 11) is 1.17. The summed E-state index contributed by atoms with van der Waals surface area (Å²) in [5.41, 5.74) is 5.30. The van der Waals surface area contributed by atoms with E-state index >= 15 is 0 Å². The van der Waals surface area contributed by atoms with Crippen molar-refractivity contribution in [2.24, 2.45) is 5.73 Å². The summed E-state index contributed by atoms with van der Waals surface area (Å²) in [6.45, 7) is 0.388. The van der Waals surface area contributed by atoms with E-state index in [1.54, 1.807) is 0 Å². The minimum absolute atomic E-state index is 0.0582. The highest BCUT2D eigenvalue weighted by Gasteiger charge is 2.12. The molecule has 0 radical (unpaired) electrons. The molecule has 17 heavy (non-hydrogen) atoms. The van der Waals surface area contributed by atoms with Crippen LogP contribution in [0.3, 0.4) is 0 Å². The molecular weight excluding hydrogens is 230 g/mol. The Morgan fingerprint density at radius 3 is 2.47 bits per heavy atom. The molecule has 1 rings (SSSR count). The van der Waals surface area contributed by atoms with Gasteiger partial charge in [0.1, 0.15) is 0 Å². The molecule has 0 bridgehead atoms. The third-order valence-corrected chi connectivity index (χ3v) is 2.09. The zero-order chi connectivity index (χ0) is 12.8. The third kappa shape index (κ3) is 3.67. The van der Waals surface area contributed by atoms with Crippen LogP contribution >= 0.6 is 0 Å². The lowest BCUT2D eigenvalue weighted by molar-refractivity contribution is -0.116. The normalized spacial score (nSPS) is 10.1. The average molecular weight is 244 g/mol. The molecule has 1 aromatic rings. The molecular formula is C11H14F2N2O2. The summed E-state index contributed by atoms with van der Waals surface area (Å²) < 4.78 is 31.1. The Balaban J connectivity index is 2.76. The fourth-order valence-corrected chi connectivity index (χ4v) is 1.31. The summed E-state index contributed by atoms with van der Waals surface area (Å²) in [6.07, 6.45) is 0.735. The number of rotatable bonds is 5. The predicted octanol–water partition coefficient (Wildman–Crippen LogP) is 1.65. The van der Waals surface area contributed by atoms with Crippen molar-refractivity contribution in [2.45, 2.75) is 12.8 Å². The number of carbonyl (C=O) groups is 1. The van der Waals surface area contributed by atoms with Crippen molar-refractivity contribution in [3.05, 3.63) is 23.8 Å². The number of amides is 1. The van der Waals surface area contributed by atoms with Gasteiger partial charge in [0.25, 0.3) is 0 Å². The maximum absolute atomic E-state index is 13.3. The summed E-state index contributed by atoms with van der Waals surface area (Å²) in [6, 6.07) is 2.00. The lowest BCUT2D eigenvalue weighted by Crippen LogP contribution is -2.13. The third-order valence-electron chi connectivity index (χ3n) is 2.09. The van der Waals surface area contributed by atoms with Gasteiger partial charge in [-0.3, -0.25) is 4.79 Å². The number of ether oxygens (including phenoxy) is 1. The Bertz CT molecular complexity index is 387. The Labute approximate surface area is 97.8 Å². The van der Waals surface area contributed by atoms with E-state index in [1.165, 1.54) is 7.11 Å². The minimum Gasteiger partial charge on any atom is -0.491 e. The Morgan fingerprint density at radius 1 is 1.41 bits per heavy atom. The maximum Gasteiger partial charge on any atom is 0.224 e. The quantitative estimate of drug-likeness (QED) is 0.827. The van der Waals surface area contributed by atoms with Gasteiger partial charge >= 0.3 is 0 Å². The van der Waals surface area contributed by atoms with Gasteiger partial charge in [-0.25, -0.2) is 8.78 Å². The molecule has 3 N–H and O–H groups in total. The van der Waals surface area contributed by atoms with E-state index in [2.05, 4.69) is 10.1 Å². The van der Waals surface area contributed by atoms with Crippen molar-refractivity contribution in [1.82, 2.24) is 0 Å². The largest absolute Gasteiger partial charge is 0.491 e. The van der Waals surface area contributed by atoms with Crippen molar-refractivity contribution < 1.29 is 18.3 Å². The predicted molar refractivity (Wildman–Crippen MR) is 59.8 cm³/mol. The number of methoxy groups -OCH3 is 1. The SMILES string of the molecule is COc1c(F)cc(NC(=O)CCCN)cc1F. The van der Waals surface area contributed by atoms with Gasteiger partial charge in [-0.05, 0) is 13.0 Å². The highest BCUT2D eigenvalue weighted by Crippen LogP contribution is 2.25. The Morgan fingerprint density at radius 2 is 2.00 bits per heavy atom. The zero-order valence-corrected chi connectivity index (χ0v) is 9.43. The molecule has 0 saturated heterocycles. The molecule has 1 aromatic carbocycles. The molecule has 0 aliphatic rings. The standard InChI is InChI=1S/C11H14F2N2O2/c1-17-11-8(12)5-7(6-9(11)13)15-10(16)3-2-4-14/h5-6H,2-4,14H2,1H3,(H,15,16). The van der Waals surface area contributed by atoms with E-state index in [9.17, 15) is 13.6 Å². The van der Waals surface area contributed by atoms with Crippen LogP contribution in [-0.2, 0) is 4.79 Å². The van der Waals surface area contributed by atoms with E-state index in [4.69, 9.17) is 5.73 Å². The van der Waals surface area contributed by atoms with E-state index in [0.717, 1.165) is 12.1 Å². The minimum atomic E-state index is -0.860. The molecule has 0 aliphatic heterocycles. The molecule has 0 heterocycles. The van der Waals surface area contributed by atoms with Crippen LogP contribution in [0.2, 0.25) is 0 Å². The maximum atomic E-state index is 13.3. The second-order valence-corrected chi connectivity index (χ2v) is 3.41. The van der Waals surface area contributed by atoms with E-state index in [0.29, 0.717) is 13.0 Å². The molecule has 0 spiro atoms. The van der Waals surface area contributed by atoms with Crippen LogP contribution < -0.4 is 15.8 Å². The van der Waals surface area contributed by atoms with Crippen molar-refractivity contribution in [3.63, 3.8) is 0 Å². The van der Waals surface area contributed by atoms with Gasteiger partial charge in [0.15, 0.2) is 17.4 Å². The second-order valence-electron chi connectivity index (χ2n) is 3.41. The summed E-state index contributed by atoms with van der Waals surface area (Å²) in [5, 5.41) is 2.38. The number of carbonyl (C=O) groups excluding carboxylic acids is 1. The summed E-state index contributed by atoms with van der Waals surface area (Å²) in [5.74, 6) is -2.52. The second kappa shape index (κ2) is 6.15. The zero-order valence-electron chi connectivity index (χ0n) is 9.43. The van der Waals surface area contributed by atoms with Crippen LogP contribution in [0.25, 0.3) is 0 Å². The highest BCUT2D eigenvalue weighted by molar-refractivity contribution is 5.90. The molecule has 4 nitrogen and oxygen atoms in total. The summed E-state index contributed by atoms with van der Waals surface area (Å²) in [4.78, 5) is 11.3. The van der Waals surface area contributed by atoms with Crippen LogP contribution in [0.4, 0.5) is 14.5 Å². The lowest BCUT2D eigenvalue weighted by atomic mass is 10.2. The van der Waals surface area contributed by atoms with Crippen molar-refractivity contribution >= 4 is 11.6 Å². The first-order valence-electron chi connectivity index (χ1n) is 5.11. The molecule has 6 heteroatoms. The molecule has 0 fully saturated rings.